The average molecular weight is 644 g/mol. The van der Waals surface area contributed by atoms with Crippen LogP contribution in [-0.4, -0.2) is 73.1 Å². The maximum absolute atomic E-state index is 12.5. The molecule has 1 aliphatic rings. The molecule has 0 bridgehead atoms. The number of nitrogens with one attached hydrogen (secondary N) is 2. The van der Waals surface area contributed by atoms with Crippen molar-refractivity contribution in [2.45, 2.75) is 31.0 Å². The van der Waals surface area contributed by atoms with E-state index >= 15 is 0 Å². The Morgan fingerprint density at radius 3 is 2.39 bits per heavy atom. The van der Waals surface area contributed by atoms with E-state index in [1.165, 1.54) is 12.1 Å². The molecule has 1 aromatic heterocycles. The van der Waals surface area contributed by atoms with E-state index in [1.54, 1.807) is 18.2 Å². The Bertz CT molecular complexity index is 1470. The van der Waals surface area contributed by atoms with E-state index in [0.717, 1.165) is 16.8 Å². The lowest BCUT2D eigenvalue weighted by molar-refractivity contribution is -0.0551. The van der Waals surface area contributed by atoms with Crippen molar-refractivity contribution >= 4 is 35.0 Å². The minimum Gasteiger partial charge on any atom is -0.438 e. The second-order valence-electron chi connectivity index (χ2n) is 8.33. The standard InChI is InChI=1S/C19H27N4O15P3/c20-8-4-10-39(28,29)37-41(32,33)38-40(30,31)34-11-13-15(25)16(36-19(27)21-12-5-2-1-3-6-12)17(35-13)23-9-7-14(24)22-18(23)26/h1-3,5-7,9,13,15-17,25H,4,8,10-11,20H2,(H,21,27)(H,28,29)(H,30,31)(H,32,33)(H,22,24,26)/t13-,15-,16-,17-/m1/s1. The summed E-state index contributed by atoms with van der Waals surface area (Å²) in [5, 5.41) is 13.2. The van der Waals surface area contributed by atoms with Gasteiger partial charge in [0.05, 0.1) is 12.8 Å². The monoisotopic (exact) mass is 644 g/mol. The Hall–Kier alpha value is -2.50. The van der Waals surface area contributed by atoms with Crippen LogP contribution in [0.5, 0.6) is 0 Å². The maximum Gasteiger partial charge on any atom is 0.488 e. The Labute approximate surface area is 230 Å². The van der Waals surface area contributed by atoms with Gasteiger partial charge in [-0.1, -0.05) is 18.2 Å². The minimum atomic E-state index is -5.64. The van der Waals surface area contributed by atoms with E-state index < -0.39 is 77.9 Å². The van der Waals surface area contributed by atoms with E-state index in [-0.39, 0.29) is 13.0 Å². The lowest BCUT2D eigenvalue weighted by atomic mass is 10.1. The molecular weight excluding hydrogens is 617 g/mol. The van der Waals surface area contributed by atoms with Gasteiger partial charge in [0.15, 0.2) is 12.3 Å². The number of nitrogens with zero attached hydrogens (tertiary/aromatic N) is 1. The number of aliphatic hydroxyl groups excluding tert-OH is 1. The number of benzene rings is 1. The van der Waals surface area contributed by atoms with Crippen LogP contribution in [0.2, 0.25) is 0 Å². The summed E-state index contributed by atoms with van der Waals surface area (Å²) >= 11 is 0. The number of phosphoric acid groups is 2. The number of phosphoric ester groups is 1. The van der Waals surface area contributed by atoms with Crippen LogP contribution in [0.4, 0.5) is 10.5 Å². The molecule has 0 aliphatic carbocycles. The van der Waals surface area contributed by atoms with Gasteiger partial charge in [0.25, 0.3) is 5.56 Å². The SMILES string of the molecule is NCCCP(=O)(O)OP(=O)(O)OP(=O)(O)OC[C@H]1O[C@@H](n2ccc(=O)[nH]c2=O)[C@H](OC(=O)Nc2ccccc2)[C@@H]1O. The number of carbonyl (C=O) groups is 1. The summed E-state index contributed by atoms with van der Waals surface area (Å²) in [4.78, 5) is 67.4. The third-order valence-electron chi connectivity index (χ3n) is 5.19. The first-order chi connectivity index (χ1) is 19.1. The smallest absolute Gasteiger partial charge is 0.438 e. The van der Waals surface area contributed by atoms with Gasteiger partial charge in [-0.15, -0.1) is 0 Å². The van der Waals surface area contributed by atoms with Crippen LogP contribution in [0.25, 0.3) is 0 Å². The fourth-order valence-electron chi connectivity index (χ4n) is 3.46. The van der Waals surface area contributed by atoms with E-state index in [0.29, 0.717) is 5.69 Å². The molecule has 41 heavy (non-hydrogen) atoms. The molecule has 0 saturated carbocycles. The van der Waals surface area contributed by atoms with Crippen LogP contribution < -0.4 is 22.3 Å². The number of para-hydroxylation sites is 1. The summed E-state index contributed by atoms with van der Waals surface area (Å²) in [6, 6.07) is 8.90. The molecule has 1 saturated heterocycles. The molecule has 1 aliphatic heterocycles. The Kier molecular flexibility index (Phi) is 11.0. The largest absolute Gasteiger partial charge is 0.488 e. The lowest BCUT2D eigenvalue weighted by Crippen LogP contribution is -2.41. The number of amides is 1. The van der Waals surface area contributed by atoms with Crippen LogP contribution in [0.3, 0.4) is 0 Å². The molecule has 1 amide bonds. The van der Waals surface area contributed by atoms with Gasteiger partial charge in [0.2, 0.25) is 0 Å². The summed E-state index contributed by atoms with van der Waals surface area (Å²) in [5.41, 5.74) is 3.71. The van der Waals surface area contributed by atoms with Gasteiger partial charge in [-0.05, 0) is 25.1 Å². The number of aromatic amines is 1. The van der Waals surface area contributed by atoms with Crippen molar-refractivity contribution in [1.29, 1.82) is 0 Å². The highest BCUT2D eigenvalue weighted by molar-refractivity contribution is 7.68. The molecule has 1 aromatic carbocycles. The van der Waals surface area contributed by atoms with E-state index in [2.05, 4.69) is 18.5 Å². The molecule has 8 N–H and O–H groups in total. The highest BCUT2D eigenvalue weighted by atomic mass is 31.3. The van der Waals surface area contributed by atoms with Crippen molar-refractivity contribution in [1.82, 2.24) is 9.55 Å². The zero-order valence-corrected chi connectivity index (χ0v) is 23.5. The highest BCUT2D eigenvalue weighted by Gasteiger charge is 2.49. The number of aromatic nitrogens is 2. The molecule has 7 atom stereocenters. The van der Waals surface area contributed by atoms with Crippen LogP contribution in [0, 0.1) is 0 Å². The Morgan fingerprint density at radius 2 is 1.76 bits per heavy atom. The highest BCUT2D eigenvalue weighted by Crippen LogP contribution is 2.67. The van der Waals surface area contributed by atoms with E-state index in [4.69, 9.17) is 15.2 Å². The first-order valence-corrected chi connectivity index (χ1v) is 16.3. The van der Waals surface area contributed by atoms with Gasteiger partial charge in [-0.25, -0.2) is 23.0 Å². The molecule has 3 unspecified atom stereocenters. The second kappa shape index (κ2) is 13.6. The molecule has 22 heteroatoms. The molecule has 2 aromatic rings. The number of carbonyl (C=O) groups excluding carboxylic acids is 1. The van der Waals surface area contributed by atoms with Gasteiger partial charge < -0.3 is 35.0 Å². The second-order valence-corrected chi connectivity index (χ2v) is 13.5. The topological polar surface area (TPSA) is 288 Å². The molecule has 228 valence electrons. The number of H-pyrrole nitrogens is 1. The molecular formula is C19H27N4O15P3. The molecule has 3 rings (SSSR count). The quantitative estimate of drug-likeness (QED) is 0.143. The first-order valence-electron chi connectivity index (χ1n) is 11.5. The predicted molar refractivity (Wildman–Crippen MR) is 138 cm³/mol. The number of rotatable bonds is 13. The third kappa shape index (κ3) is 9.78. The van der Waals surface area contributed by atoms with Crippen LogP contribution in [-0.2, 0) is 36.3 Å². The van der Waals surface area contributed by atoms with Gasteiger partial charge >= 0.3 is 35.0 Å². The normalized spacial score (nSPS) is 25.0. The van der Waals surface area contributed by atoms with Gasteiger partial charge in [-0.3, -0.25) is 28.8 Å². The number of anilines is 1. The summed E-state index contributed by atoms with van der Waals surface area (Å²) in [7, 11) is -15.9. The Balaban J connectivity index is 1.74. The predicted octanol–water partition coefficient (Wildman–Crippen LogP) is 0.197. The van der Waals surface area contributed by atoms with E-state index in [9.17, 15) is 47.9 Å². The minimum absolute atomic E-state index is 0.0549. The van der Waals surface area contributed by atoms with Crippen molar-refractivity contribution in [2.75, 3.05) is 24.6 Å². The number of nitrogens with two attached hydrogens (primary N) is 1. The molecule has 0 spiro atoms. The number of ether oxygens (including phenoxy) is 2. The van der Waals surface area contributed by atoms with Crippen molar-refractivity contribution in [3.8, 4) is 0 Å². The van der Waals surface area contributed by atoms with Crippen LogP contribution >= 0.6 is 23.2 Å². The van der Waals surface area contributed by atoms with Crippen molar-refractivity contribution in [2.24, 2.45) is 5.73 Å². The first kappa shape index (κ1) is 33.0. The summed E-state index contributed by atoms with van der Waals surface area (Å²) < 4.78 is 60.4. The maximum atomic E-state index is 12.5. The average Bonchev–Trinajstić information content (AvgIpc) is 3.15. The summed E-state index contributed by atoms with van der Waals surface area (Å²) in [6.45, 7) is -1.12. The number of aliphatic hydroxyl groups is 1. The number of hydrogen-bond donors (Lipinski definition) is 7. The molecule has 19 nitrogen and oxygen atoms in total. The van der Waals surface area contributed by atoms with Crippen molar-refractivity contribution in [3.63, 3.8) is 0 Å². The van der Waals surface area contributed by atoms with Crippen LogP contribution in [0.15, 0.2) is 52.2 Å². The zero-order chi connectivity index (χ0) is 30.4. The summed E-state index contributed by atoms with van der Waals surface area (Å²) in [6.07, 6.45) is -7.58. The van der Waals surface area contributed by atoms with Crippen molar-refractivity contribution < 1.29 is 60.9 Å². The van der Waals surface area contributed by atoms with Gasteiger partial charge in [0, 0.05) is 18.0 Å². The van der Waals surface area contributed by atoms with Gasteiger partial charge in [0.1, 0.15) is 12.2 Å². The lowest BCUT2D eigenvalue weighted by Gasteiger charge is -2.22. The Morgan fingerprint density at radius 1 is 1.07 bits per heavy atom. The third-order valence-corrected chi connectivity index (χ3v) is 10.0. The summed E-state index contributed by atoms with van der Waals surface area (Å²) in [5.74, 6) is 0. The zero-order valence-electron chi connectivity index (χ0n) is 20.8. The van der Waals surface area contributed by atoms with E-state index in [1.807, 2.05) is 4.98 Å². The number of hydrogen-bond acceptors (Lipinski definition) is 13. The van der Waals surface area contributed by atoms with Crippen molar-refractivity contribution in [3.05, 3.63) is 63.4 Å². The fourth-order valence-corrected chi connectivity index (χ4v) is 7.61. The van der Waals surface area contributed by atoms with Gasteiger partial charge in [-0.2, -0.15) is 4.31 Å². The fraction of sp³-hybridized carbons (Fsp3) is 0.421. The molecule has 2 heterocycles. The molecule has 1 fully saturated rings. The molecule has 0 radical (unpaired) electrons. The van der Waals surface area contributed by atoms with Crippen LogP contribution in [0.1, 0.15) is 12.6 Å².